The van der Waals surface area contributed by atoms with Crippen molar-refractivity contribution < 1.29 is 32.5 Å². The van der Waals surface area contributed by atoms with E-state index in [9.17, 15) is 18.3 Å². The molecule has 0 spiro atoms. The van der Waals surface area contributed by atoms with Gasteiger partial charge in [-0.1, -0.05) is 69.2 Å². The number of nitrogens with zero attached hydrogens (tertiary/aromatic N) is 1. The van der Waals surface area contributed by atoms with Gasteiger partial charge in [-0.25, -0.2) is 13.2 Å². The van der Waals surface area contributed by atoms with Crippen LogP contribution in [0.3, 0.4) is 0 Å². The van der Waals surface area contributed by atoms with E-state index in [-0.39, 0.29) is 30.3 Å². The molecule has 45 heavy (non-hydrogen) atoms. The SMILES string of the molecule is CCC(CC)CN(C[C@@H](O)[C@H](Cc1ccc(OCc2ccccc2)cc1)NC(=O)OC(C)(C)C)S(=O)(=O)c1ccc(OC)cc1. The Labute approximate surface area is 268 Å². The number of nitrogens with one attached hydrogen (secondary N) is 1. The third-order valence-electron chi connectivity index (χ3n) is 7.50. The Morgan fingerprint density at radius 1 is 0.867 bits per heavy atom. The Hall–Kier alpha value is -3.60. The van der Waals surface area contributed by atoms with Gasteiger partial charge in [-0.15, -0.1) is 0 Å². The molecule has 3 aromatic rings. The van der Waals surface area contributed by atoms with E-state index in [1.807, 2.05) is 68.4 Å². The van der Waals surface area contributed by atoms with Crippen molar-refractivity contribution in [2.24, 2.45) is 5.92 Å². The van der Waals surface area contributed by atoms with E-state index in [2.05, 4.69) is 5.32 Å². The number of hydrogen-bond donors (Lipinski definition) is 2. The molecular formula is C35H48N2O7S. The molecule has 0 aromatic heterocycles. The third-order valence-corrected chi connectivity index (χ3v) is 9.34. The van der Waals surface area contributed by atoms with E-state index in [4.69, 9.17) is 14.2 Å². The fourth-order valence-corrected chi connectivity index (χ4v) is 6.33. The summed E-state index contributed by atoms with van der Waals surface area (Å²) in [7, 11) is -2.46. The van der Waals surface area contributed by atoms with Gasteiger partial charge in [0.1, 0.15) is 23.7 Å². The molecule has 2 N–H and O–H groups in total. The molecule has 0 aliphatic heterocycles. The number of benzene rings is 3. The topological polar surface area (TPSA) is 114 Å². The van der Waals surface area contributed by atoms with Crippen molar-refractivity contribution in [2.45, 2.75) is 83.1 Å². The van der Waals surface area contributed by atoms with Gasteiger partial charge in [-0.3, -0.25) is 0 Å². The van der Waals surface area contributed by atoms with E-state index in [0.717, 1.165) is 24.0 Å². The molecule has 0 heterocycles. The van der Waals surface area contributed by atoms with E-state index >= 15 is 0 Å². The van der Waals surface area contributed by atoms with E-state index in [0.29, 0.717) is 18.1 Å². The summed E-state index contributed by atoms with van der Waals surface area (Å²) < 4.78 is 45.7. The molecule has 0 saturated carbocycles. The maximum atomic E-state index is 13.9. The first-order valence-electron chi connectivity index (χ1n) is 15.4. The van der Waals surface area contributed by atoms with Crippen molar-refractivity contribution in [3.63, 3.8) is 0 Å². The fourth-order valence-electron chi connectivity index (χ4n) is 4.80. The number of ether oxygens (including phenoxy) is 3. The normalized spacial score (nSPS) is 13.4. The monoisotopic (exact) mass is 640 g/mol. The molecule has 246 valence electrons. The predicted molar refractivity (Wildman–Crippen MR) is 176 cm³/mol. The van der Waals surface area contributed by atoms with Gasteiger partial charge in [0.2, 0.25) is 10.0 Å². The summed E-state index contributed by atoms with van der Waals surface area (Å²) in [4.78, 5) is 13.0. The number of methoxy groups -OCH3 is 1. The standard InChI is InChI=1S/C35H48N2O7S/c1-7-26(8-2)23-37(45(40,41)31-20-18-29(42-6)19-21-31)24-33(38)32(36-34(39)44-35(3,4)5)22-27-14-16-30(17-15-27)43-25-28-12-10-9-11-13-28/h9-21,26,32-33,38H,7-8,22-25H2,1-6H3,(H,36,39)/t32-,33+/m0/s1. The highest BCUT2D eigenvalue weighted by molar-refractivity contribution is 7.89. The Morgan fingerprint density at radius 3 is 2.02 bits per heavy atom. The lowest BCUT2D eigenvalue weighted by molar-refractivity contribution is 0.0398. The Bertz CT molecular complexity index is 1420. The third kappa shape index (κ3) is 11.4. The number of amides is 1. The lowest BCUT2D eigenvalue weighted by Crippen LogP contribution is -2.52. The molecule has 9 nitrogen and oxygen atoms in total. The highest BCUT2D eigenvalue weighted by atomic mass is 32.2. The highest BCUT2D eigenvalue weighted by Crippen LogP contribution is 2.24. The van der Waals surface area contributed by atoms with Gasteiger partial charge in [-0.2, -0.15) is 4.31 Å². The summed E-state index contributed by atoms with van der Waals surface area (Å²) in [6.45, 7) is 9.73. The number of hydrogen-bond acceptors (Lipinski definition) is 7. The maximum absolute atomic E-state index is 13.9. The summed E-state index contributed by atoms with van der Waals surface area (Å²) in [5.41, 5.74) is 1.12. The van der Waals surface area contributed by atoms with Crippen LogP contribution in [-0.4, -0.2) is 61.9 Å². The van der Waals surface area contributed by atoms with Crippen molar-refractivity contribution in [3.8, 4) is 11.5 Å². The van der Waals surface area contributed by atoms with Crippen LogP contribution in [0, 0.1) is 5.92 Å². The highest BCUT2D eigenvalue weighted by Gasteiger charge is 2.33. The fraction of sp³-hybridized carbons (Fsp3) is 0.457. The number of carbonyl (C=O) groups excluding carboxylic acids is 1. The van der Waals surface area contributed by atoms with Crippen LogP contribution in [0.5, 0.6) is 11.5 Å². The second-order valence-corrected chi connectivity index (χ2v) is 14.1. The van der Waals surface area contributed by atoms with Crippen LogP contribution in [0.25, 0.3) is 0 Å². The first-order valence-corrected chi connectivity index (χ1v) is 16.9. The van der Waals surface area contributed by atoms with Crippen LogP contribution in [0.2, 0.25) is 0 Å². The van der Waals surface area contributed by atoms with Crippen molar-refractivity contribution in [1.82, 2.24) is 9.62 Å². The van der Waals surface area contributed by atoms with Crippen molar-refractivity contribution in [2.75, 3.05) is 20.2 Å². The number of alkyl carbamates (subject to hydrolysis) is 1. The molecule has 3 aromatic carbocycles. The minimum absolute atomic E-state index is 0.0888. The van der Waals surface area contributed by atoms with Gasteiger partial charge in [-0.05, 0) is 80.6 Å². The number of aliphatic hydroxyl groups is 1. The van der Waals surface area contributed by atoms with Gasteiger partial charge in [0.15, 0.2) is 0 Å². The zero-order valence-corrected chi connectivity index (χ0v) is 28.0. The average Bonchev–Trinajstić information content (AvgIpc) is 3.01. The summed E-state index contributed by atoms with van der Waals surface area (Å²) in [5, 5.41) is 14.4. The molecule has 0 radical (unpaired) electrons. The van der Waals surface area contributed by atoms with Crippen LogP contribution in [-0.2, 0) is 27.8 Å². The minimum Gasteiger partial charge on any atom is -0.497 e. The molecule has 0 bridgehead atoms. The van der Waals surface area contributed by atoms with Gasteiger partial charge in [0.05, 0.1) is 24.2 Å². The summed E-state index contributed by atoms with van der Waals surface area (Å²) >= 11 is 0. The number of rotatable bonds is 16. The van der Waals surface area contributed by atoms with Gasteiger partial charge in [0, 0.05) is 13.1 Å². The molecule has 1 amide bonds. The van der Waals surface area contributed by atoms with Crippen molar-refractivity contribution >= 4 is 16.1 Å². The van der Waals surface area contributed by atoms with Crippen LogP contribution in [0.4, 0.5) is 4.79 Å². The summed E-state index contributed by atoms with van der Waals surface area (Å²) in [6.07, 6.45) is -0.146. The molecule has 2 atom stereocenters. The van der Waals surface area contributed by atoms with Crippen molar-refractivity contribution in [1.29, 1.82) is 0 Å². The molecule has 0 unspecified atom stereocenters. The predicted octanol–water partition coefficient (Wildman–Crippen LogP) is 6.20. The maximum Gasteiger partial charge on any atom is 0.407 e. The lowest BCUT2D eigenvalue weighted by Gasteiger charge is -2.32. The molecule has 0 saturated heterocycles. The lowest BCUT2D eigenvalue weighted by atomic mass is 10.00. The first-order chi connectivity index (χ1) is 21.3. The molecule has 0 fully saturated rings. The first kappa shape index (κ1) is 35.9. The van der Waals surface area contributed by atoms with E-state index < -0.39 is 33.9 Å². The minimum atomic E-state index is -3.98. The molecule has 3 rings (SSSR count). The number of aliphatic hydroxyl groups excluding tert-OH is 1. The summed E-state index contributed by atoms with van der Waals surface area (Å²) in [6, 6.07) is 22.6. The Kier molecular flexibility index (Phi) is 13.3. The summed E-state index contributed by atoms with van der Waals surface area (Å²) in [5.74, 6) is 1.31. The second kappa shape index (κ2) is 16.6. The van der Waals surface area contributed by atoms with Gasteiger partial charge < -0.3 is 24.6 Å². The number of sulfonamides is 1. The molecular weight excluding hydrogens is 592 g/mol. The molecule has 0 aliphatic carbocycles. The average molecular weight is 641 g/mol. The molecule has 0 aliphatic rings. The second-order valence-electron chi connectivity index (χ2n) is 12.1. The largest absolute Gasteiger partial charge is 0.497 e. The van der Waals surface area contributed by atoms with Gasteiger partial charge in [0.25, 0.3) is 0 Å². The van der Waals surface area contributed by atoms with Crippen molar-refractivity contribution in [3.05, 3.63) is 90.0 Å². The molecule has 10 heteroatoms. The van der Waals surface area contributed by atoms with Crippen LogP contribution in [0.15, 0.2) is 83.8 Å². The Balaban J connectivity index is 1.84. The van der Waals surface area contributed by atoms with Crippen LogP contribution < -0.4 is 14.8 Å². The van der Waals surface area contributed by atoms with E-state index in [1.165, 1.54) is 23.5 Å². The zero-order chi connectivity index (χ0) is 33.0. The van der Waals surface area contributed by atoms with Crippen LogP contribution in [0.1, 0.15) is 58.6 Å². The Morgan fingerprint density at radius 2 is 1.47 bits per heavy atom. The van der Waals surface area contributed by atoms with E-state index in [1.54, 1.807) is 32.9 Å². The quantitative estimate of drug-likeness (QED) is 0.192. The number of carbonyl (C=O) groups is 1. The zero-order valence-electron chi connectivity index (χ0n) is 27.2. The van der Waals surface area contributed by atoms with Crippen LogP contribution >= 0.6 is 0 Å². The van der Waals surface area contributed by atoms with Gasteiger partial charge >= 0.3 is 6.09 Å². The smallest absolute Gasteiger partial charge is 0.407 e.